The second-order valence-corrected chi connectivity index (χ2v) is 7.75. The fourth-order valence-corrected chi connectivity index (χ4v) is 3.56. The molecule has 0 radical (unpaired) electrons. The average molecular weight is 446 g/mol. The van der Waals surface area contributed by atoms with Crippen LogP contribution in [0.15, 0.2) is 60.7 Å². The largest absolute Gasteiger partial charge is 0.493 e. The molecule has 3 aromatic rings. The summed E-state index contributed by atoms with van der Waals surface area (Å²) >= 11 is 18.0. The molecular weight excluding hydrogens is 425 g/mol. The lowest BCUT2D eigenvalue weighted by atomic mass is 10.1. The van der Waals surface area contributed by atoms with Gasteiger partial charge in [0, 0.05) is 27.7 Å². The van der Waals surface area contributed by atoms with Crippen LogP contribution in [0.3, 0.4) is 0 Å². The molecule has 6 heteroatoms. The summed E-state index contributed by atoms with van der Waals surface area (Å²) in [6.45, 7) is 2.97. The summed E-state index contributed by atoms with van der Waals surface area (Å²) in [5, 5.41) is 4.42. The van der Waals surface area contributed by atoms with Crippen molar-refractivity contribution in [2.24, 2.45) is 0 Å². The molecule has 0 heterocycles. The quantitative estimate of drug-likeness (QED) is 0.428. The molecule has 0 aliphatic heterocycles. The van der Waals surface area contributed by atoms with Crippen LogP contribution in [0.5, 0.6) is 11.5 Å². The first-order valence-corrected chi connectivity index (χ1v) is 10.2. The van der Waals surface area contributed by atoms with Gasteiger partial charge in [-0.25, -0.2) is 0 Å². The van der Waals surface area contributed by atoms with Crippen LogP contribution in [0.2, 0.25) is 10.0 Å². The third-order valence-electron chi connectivity index (χ3n) is 4.40. The van der Waals surface area contributed by atoms with E-state index in [4.69, 9.17) is 44.9 Å². The number of ether oxygens (including phenoxy) is 2. The molecule has 0 saturated carbocycles. The highest BCUT2D eigenvalue weighted by Crippen LogP contribution is 2.31. The Labute approximate surface area is 186 Å². The van der Waals surface area contributed by atoms with Crippen LogP contribution in [-0.2, 0) is 13.2 Å². The minimum absolute atomic E-state index is 0.240. The zero-order valence-corrected chi connectivity index (χ0v) is 18.5. The van der Waals surface area contributed by atoms with E-state index in [1.54, 1.807) is 25.3 Å². The van der Waals surface area contributed by atoms with Gasteiger partial charge in [-0.05, 0) is 42.8 Å². The SMILES string of the molecule is COc1cc(C(=S)NCc2cccc(C)c2)ccc1OCc1c(Cl)cccc1Cl. The van der Waals surface area contributed by atoms with Gasteiger partial charge in [0.25, 0.3) is 0 Å². The number of halogens is 2. The van der Waals surface area contributed by atoms with Gasteiger partial charge in [-0.3, -0.25) is 0 Å². The molecule has 0 saturated heterocycles. The van der Waals surface area contributed by atoms with Gasteiger partial charge >= 0.3 is 0 Å². The molecule has 0 aliphatic rings. The van der Waals surface area contributed by atoms with E-state index in [1.807, 2.05) is 24.3 Å². The predicted octanol–water partition coefficient (Wildman–Crippen LogP) is 6.35. The lowest BCUT2D eigenvalue weighted by molar-refractivity contribution is 0.284. The van der Waals surface area contributed by atoms with Crippen molar-refractivity contribution >= 4 is 40.4 Å². The standard InChI is InChI=1S/C23H21Cl2NO2S/c1-15-5-3-6-16(11-15)13-26-23(29)17-9-10-21(22(12-17)27-2)28-14-18-19(24)7-4-8-20(18)25/h3-12H,13-14H2,1-2H3,(H,26,29). The first-order valence-electron chi connectivity index (χ1n) is 9.05. The maximum absolute atomic E-state index is 6.21. The summed E-state index contributed by atoms with van der Waals surface area (Å²) in [7, 11) is 1.59. The molecule has 29 heavy (non-hydrogen) atoms. The van der Waals surface area contributed by atoms with E-state index in [-0.39, 0.29) is 6.61 Å². The Balaban J connectivity index is 1.68. The summed E-state index contributed by atoms with van der Waals surface area (Å²) in [4.78, 5) is 0.644. The molecule has 0 aromatic heterocycles. The minimum Gasteiger partial charge on any atom is -0.493 e. The zero-order valence-electron chi connectivity index (χ0n) is 16.2. The van der Waals surface area contributed by atoms with Crippen LogP contribution in [0.4, 0.5) is 0 Å². The molecule has 0 spiro atoms. The van der Waals surface area contributed by atoms with Gasteiger partial charge in [-0.15, -0.1) is 0 Å². The van der Waals surface area contributed by atoms with Crippen molar-refractivity contribution in [3.05, 3.63) is 93.0 Å². The Hall–Kier alpha value is -2.27. The second-order valence-electron chi connectivity index (χ2n) is 6.53. The molecule has 0 fully saturated rings. The molecule has 0 unspecified atom stereocenters. The summed E-state index contributed by atoms with van der Waals surface area (Å²) in [6.07, 6.45) is 0. The highest BCUT2D eigenvalue weighted by atomic mass is 35.5. The van der Waals surface area contributed by atoms with E-state index < -0.39 is 0 Å². The first kappa shape index (κ1) is 21.4. The molecule has 0 bridgehead atoms. The Morgan fingerprint density at radius 1 is 0.966 bits per heavy atom. The van der Waals surface area contributed by atoms with E-state index in [1.165, 1.54) is 11.1 Å². The average Bonchev–Trinajstić information content (AvgIpc) is 2.71. The second kappa shape index (κ2) is 9.97. The number of hydrogen-bond donors (Lipinski definition) is 1. The summed E-state index contributed by atoms with van der Waals surface area (Å²) < 4.78 is 11.4. The predicted molar refractivity (Wildman–Crippen MR) is 124 cm³/mol. The molecule has 1 N–H and O–H groups in total. The molecule has 0 aliphatic carbocycles. The third kappa shape index (κ3) is 5.63. The van der Waals surface area contributed by atoms with Gasteiger partial charge in [0.05, 0.1) is 7.11 Å². The fraction of sp³-hybridized carbons (Fsp3) is 0.174. The van der Waals surface area contributed by atoms with Gasteiger partial charge in [-0.1, -0.05) is 71.3 Å². The van der Waals surface area contributed by atoms with E-state index in [2.05, 4.69) is 30.4 Å². The molecule has 3 rings (SSSR count). The van der Waals surface area contributed by atoms with Crippen molar-refractivity contribution in [3.63, 3.8) is 0 Å². The lowest BCUT2D eigenvalue weighted by Crippen LogP contribution is -2.21. The molecule has 0 amide bonds. The summed E-state index contributed by atoms with van der Waals surface area (Å²) in [5.41, 5.74) is 3.98. The topological polar surface area (TPSA) is 30.5 Å². The van der Waals surface area contributed by atoms with Gasteiger partial charge < -0.3 is 14.8 Å². The normalized spacial score (nSPS) is 10.5. The van der Waals surface area contributed by atoms with Gasteiger partial charge in [0.2, 0.25) is 0 Å². The Bertz CT molecular complexity index is 1000. The number of aryl methyl sites for hydroxylation is 1. The number of nitrogens with one attached hydrogen (secondary N) is 1. The fourth-order valence-electron chi connectivity index (χ4n) is 2.85. The zero-order chi connectivity index (χ0) is 20.8. The van der Waals surface area contributed by atoms with Crippen molar-refractivity contribution < 1.29 is 9.47 Å². The van der Waals surface area contributed by atoms with Crippen LogP contribution < -0.4 is 14.8 Å². The van der Waals surface area contributed by atoms with Crippen molar-refractivity contribution in [1.82, 2.24) is 5.32 Å². The van der Waals surface area contributed by atoms with Crippen molar-refractivity contribution in [1.29, 1.82) is 0 Å². The van der Waals surface area contributed by atoms with Crippen molar-refractivity contribution in [2.75, 3.05) is 7.11 Å². The molecule has 150 valence electrons. The van der Waals surface area contributed by atoms with Crippen molar-refractivity contribution in [3.8, 4) is 11.5 Å². The first-order chi connectivity index (χ1) is 14.0. The Kier molecular flexibility index (Phi) is 7.37. The van der Waals surface area contributed by atoms with Crippen LogP contribution in [0.25, 0.3) is 0 Å². The summed E-state index contributed by atoms with van der Waals surface area (Å²) in [5.74, 6) is 1.18. The minimum atomic E-state index is 0.240. The van der Waals surface area contributed by atoms with E-state index >= 15 is 0 Å². The van der Waals surface area contributed by atoms with E-state index in [0.717, 1.165) is 11.1 Å². The number of benzene rings is 3. The Morgan fingerprint density at radius 2 is 1.69 bits per heavy atom. The van der Waals surface area contributed by atoms with Crippen LogP contribution in [-0.4, -0.2) is 12.1 Å². The number of thiocarbonyl (C=S) groups is 1. The van der Waals surface area contributed by atoms with Crippen molar-refractivity contribution in [2.45, 2.75) is 20.1 Å². The number of hydrogen-bond acceptors (Lipinski definition) is 3. The molecular formula is C23H21Cl2NO2S. The van der Waals surface area contributed by atoms with E-state index in [9.17, 15) is 0 Å². The van der Waals surface area contributed by atoms with Gasteiger partial charge in [-0.2, -0.15) is 0 Å². The highest BCUT2D eigenvalue weighted by molar-refractivity contribution is 7.80. The Morgan fingerprint density at radius 3 is 2.38 bits per heavy atom. The maximum atomic E-state index is 6.21. The van der Waals surface area contributed by atoms with Crippen LogP contribution in [0.1, 0.15) is 22.3 Å². The molecule has 3 nitrogen and oxygen atoms in total. The molecule has 0 atom stereocenters. The highest BCUT2D eigenvalue weighted by Gasteiger charge is 2.11. The van der Waals surface area contributed by atoms with Gasteiger partial charge in [0.15, 0.2) is 11.5 Å². The maximum Gasteiger partial charge on any atom is 0.161 e. The van der Waals surface area contributed by atoms with Gasteiger partial charge in [0.1, 0.15) is 11.6 Å². The third-order valence-corrected chi connectivity index (χ3v) is 5.48. The summed E-state index contributed by atoms with van der Waals surface area (Å²) in [6, 6.07) is 19.3. The lowest BCUT2D eigenvalue weighted by Gasteiger charge is -2.15. The number of methoxy groups -OCH3 is 1. The monoisotopic (exact) mass is 445 g/mol. The smallest absolute Gasteiger partial charge is 0.161 e. The number of rotatable bonds is 7. The van der Waals surface area contributed by atoms with Crippen LogP contribution in [0, 0.1) is 6.92 Å². The van der Waals surface area contributed by atoms with E-state index in [0.29, 0.717) is 33.1 Å². The van der Waals surface area contributed by atoms with Crippen LogP contribution >= 0.6 is 35.4 Å². The molecule has 3 aromatic carbocycles.